The highest BCUT2D eigenvalue weighted by Crippen LogP contribution is 2.50. The number of amides is 2. The molecule has 2 amide bonds. The number of benzene rings is 1. The van der Waals surface area contributed by atoms with E-state index in [1.165, 1.54) is 42.5 Å². The Bertz CT molecular complexity index is 1400. The summed E-state index contributed by atoms with van der Waals surface area (Å²) in [5.74, 6) is -0.333. The Morgan fingerprint density at radius 3 is 2.56 bits per heavy atom. The summed E-state index contributed by atoms with van der Waals surface area (Å²) in [4.78, 5) is 33.9. The quantitative estimate of drug-likeness (QED) is 0.320. The second-order valence-corrected chi connectivity index (χ2v) is 11.9. The third-order valence-corrected chi connectivity index (χ3v) is 9.26. The van der Waals surface area contributed by atoms with Gasteiger partial charge in [-0.3, -0.25) is 9.80 Å². The molecule has 0 bridgehead atoms. The molecule has 3 aromatic rings. The second-order valence-electron chi connectivity index (χ2n) is 10.9. The Morgan fingerprint density at radius 2 is 1.93 bits per heavy atom. The van der Waals surface area contributed by atoms with Gasteiger partial charge in [0.2, 0.25) is 5.89 Å². The average molecular weight is 586 g/mol. The zero-order valence-electron chi connectivity index (χ0n) is 23.4. The molecule has 0 radical (unpaired) electrons. The third-order valence-electron chi connectivity index (χ3n) is 7.95. The number of anilines is 1. The van der Waals surface area contributed by atoms with Crippen LogP contribution < -0.4 is 9.64 Å². The fourth-order valence-corrected chi connectivity index (χ4v) is 6.82. The van der Waals surface area contributed by atoms with E-state index in [-0.39, 0.29) is 18.8 Å². The molecule has 1 fully saturated rings. The summed E-state index contributed by atoms with van der Waals surface area (Å²) in [6.07, 6.45) is 2.84. The van der Waals surface area contributed by atoms with Gasteiger partial charge in [-0.25, -0.2) is 14.6 Å². The van der Waals surface area contributed by atoms with Gasteiger partial charge < -0.3 is 29.2 Å². The van der Waals surface area contributed by atoms with Gasteiger partial charge in [-0.2, -0.15) is 0 Å². The number of urea groups is 1. The van der Waals surface area contributed by atoms with E-state index in [0.717, 1.165) is 10.5 Å². The molecule has 0 spiro atoms. The molecule has 3 heterocycles. The van der Waals surface area contributed by atoms with Crippen LogP contribution in [0.4, 0.5) is 9.80 Å². The molecule has 1 unspecified atom stereocenters. The number of aromatic nitrogens is 1. The summed E-state index contributed by atoms with van der Waals surface area (Å²) in [5, 5.41) is 32.0. The average Bonchev–Trinajstić information content (AvgIpc) is 3.59. The predicted octanol–water partition coefficient (Wildman–Crippen LogP) is 4.88. The van der Waals surface area contributed by atoms with Crippen molar-refractivity contribution in [3.8, 4) is 16.5 Å². The lowest BCUT2D eigenvalue weighted by molar-refractivity contribution is -0.153. The monoisotopic (exact) mass is 585 g/mol. The Labute approximate surface area is 241 Å². The highest BCUT2D eigenvalue weighted by Gasteiger charge is 2.50. The Kier molecular flexibility index (Phi) is 8.11. The predicted molar refractivity (Wildman–Crippen MR) is 151 cm³/mol. The molecule has 12 heteroatoms. The maximum absolute atomic E-state index is 14.2. The number of thiophene rings is 1. The van der Waals surface area contributed by atoms with Gasteiger partial charge in [0.25, 0.3) is 0 Å². The minimum atomic E-state index is -1.73. The number of methoxy groups -OCH3 is 1. The number of nitrogens with zero attached hydrogens (tertiary/aromatic N) is 3. The van der Waals surface area contributed by atoms with Crippen LogP contribution in [0.5, 0.6) is 5.75 Å². The number of para-hydroxylation sites is 1. The number of hydrogen-bond acceptors (Lipinski definition) is 9. The molecule has 11 nitrogen and oxygen atoms in total. The van der Waals surface area contributed by atoms with E-state index in [2.05, 4.69) is 4.98 Å². The van der Waals surface area contributed by atoms with Crippen molar-refractivity contribution in [1.82, 2.24) is 9.88 Å². The van der Waals surface area contributed by atoms with E-state index >= 15 is 0 Å². The fraction of sp³-hybridized carbons (Fsp3) is 0.483. The van der Waals surface area contributed by atoms with Crippen molar-refractivity contribution in [2.75, 3.05) is 18.6 Å². The molecule has 0 saturated heterocycles. The first kappa shape index (κ1) is 29.1. The summed E-state index contributed by atoms with van der Waals surface area (Å²) in [7, 11) is 1.57. The number of carbonyl (C=O) groups is 2. The summed E-state index contributed by atoms with van der Waals surface area (Å²) in [5.41, 5.74) is 0.0488. The number of aliphatic carboxylic acids is 1. The fourth-order valence-electron chi connectivity index (χ4n) is 5.54. The van der Waals surface area contributed by atoms with Crippen LogP contribution in [0.3, 0.4) is 0 Å². The molecule has 2 aromatic heterocycles. The number of fused-ring (bicyclic) bond motifs is 1. The number of oxazole rings is 1. The van der Waals surface area contributed by atoms with Crippen molar-refractivity contribution in [2.45, 2.75) is 76.5 Å². The van der Waals surface area contributed by atoms with Crippen LogP contribution in [0.25, 0.3) is 10.8 Å². The molecule has 1 aromatic carbocycles. The maximum atomic E-state index is 14.2. The van der Waals surface area contributed by atoms with Gasteiger partial charge in [0.1, 0.15) is 28.7 Å². The Hall–Kier alpha value is -3.45. The number of hydrogen-bond donors (Lipinski definition) is 3. The van der Waals surface area contributed by atoms with Gasteiger partial charge in [-0.15, -0.1) is 11.3 Å². The summed E-state index contributed by atoms with van der Waals surface area (Å²) in [6, 6.07) is 6.74. The normalized spacial score (nSPS) is 22.0. The van der Waals surface area contributed by atoms with Gasteiger partial charge in [-0.05, 0) is 58.1 Å². The van der Waals surface area contributed by atoms with Gasteiger partial charge in [0.05, 0.1) is 36.9 Å². The van der Waals surface area contributed by atoms with Gasteiger partial charge >= 0.3 is 12.0 Å². The first-order valence-electron chi connectivity index (χ1n) is 13.6. The molecule has 220 valence electrons. The number of carboxylic acid groups (broad SMARTS) is 1. The topological polar surface area (TPSA) is 146 Å². The van der Waals surface area contributed by atoms with Crippen molar-refractivity contribution in [1.29, 1.82) is 0 Å². The molecular formula is C29H35N3O8S. The van der Waals surface area contributed by atoms with Crippen LogP contribution in [0.1, 0.15) is 68.6 Å². The molecule has 41 heavy (non-hydrogen) atoms. The Morgan fingerprint density at radius 1 is 1.22 bits per heavy atom. The zero-order valence-corrected chi connectivity index (χ0v) is 24.3. The molecular weight excluding hydrogens is 550 g/mol. The smallest absolute Gasteiger partial charge is 0.329 e. The van der Waals surface area contributed by atoms with Crippen LogP contribution in [0.2, 0.25) is 0 Å². The second kappa shape index (κ2) is 11.4. The van der Waals surface area contributed by atoms with Crippen LogP contribution in [-0.4, -0.2) is 68.6 Å². The molecule has 1 aliphatic carbocycles. The van der Waals surface area contributed by atoms with Gasteiger partial charge in [-0.1, -0.05) is 18.2 Å². The number of ether oxygens (including phenoxy) is 2. The van der Waals surface area contributed by atoms with E-state index in [4.69, 9.17) is 13.9 Å². The third kappa shape index (κ3) is 5.32. The lowest BCUT2D eigenvalue weighted by atomic mass is 9.94. The minimum absolute atomic E-state index is 0.0230. The van der Waals surface area contributed by atoms with Crippen LogP contribution >= 0.6 is 11.3 Å². The number of rotatable bonds is 9. The number of carboxylic acids is 1. The largest absolute Gasteiger partial charge is 0.496 e. The van der Waals surface area contributed by atoms with Crippen LogP contribution in [0, 0.1) is 6.92 Å². The van der Waals surface area contributed by atoms with Gasteiger partial charge in [0, 0.05) is 11.1 Å². The highest BCUT2D eigenvalue weighted by molar-refractivity contribution is 7.20. The van der Waals surface area contributed by atoms with Crippen molar-refractivity contribution >= 4 is 28.3 Å². The lowest BCUT2D eigenvalue weighted by Gasteiger charge is -2.46. The maximum Gasteiger partial charge on any atom is 0.329 e. The molecule has 5 rings (SSSR count). The van der Waals surface area contributed by atoms with Crippen LogP contribution in [-0.2, 0) is 9.53 Å². The zero-order chi connectivity index (χ0) is 29.5. The van der Waals surface area contributed by atoms with E-state index in [1.807, 2.05) is 24.3 Å². The first-order valence-corrected chi connectivity index (χ1v) is 14.4. The highest BCUT2D eigenvalue weighted by atomic mass is 32.1. The van der Waals surface area contributed by atoms with E-state index in [0.29, 0.717) is 58.3 Å². The molecule has 1 aliphatic heterocycles. The van der Waals surface area contributed by atoms with Gasteiger partial charge in [0.15, 0.2) is 6.23 Å². The minimum Gasteiger partial charge on any atom is -0.496 e. The van der Waals surface area contributed by atoms with Crippen molar-refractivity contribution in [3.63, 3.8) is 0 Å². The van der Waals surface area contributed by atoms with Crippen molar-refractivity contribution in [3.05, 3.63) is 53.4 Å². The molecule has 3 N–H and O–H groups in total. The first-order chi connectivity index (χ1) is 19.5. The SMILES string of the molecule is COc1ccccc1[C@H](CN1C(=O)N(C(C)(C)C(=O)O)C(O)c2c1sc(-c1ncco1)c2C)O[C@H]1CC[C@@H](O)CC1. The van der Waals surface area contributed by atoms with Crippen molar-refractivity contribution in [2.24, 2.45) is 0 Å². The van der Waals surface area contributed by atoms with E-state index in [1.54, 1.807) is 14.0 Å². The summed E-state index contributed by atoms with van der Waals surface area (Å²) < 4.78 is 17.8. The number of aliphatic hydroxyl groups excluding tert-OH is 2. The van der Waals surface area contributed by atoms with Crippen LogP contribution in [0.15, 0.2) is 41.1 Å². The molecule has 1 saturated carbocycles. The summed E-state index contributed by atoms with van der Waals surface area (Å²) in [6.45, 7) is 4.59. The number of aliphatic hydroxyl groups is 2. The van der Waals surface area contributed by atoms with E-state index < -0.39 is 29.9 Å². The van der Waals surface area contributed by atoms with Crippen molar-refractivity contribution < 1.29 is 38.8 Å². The molecule has 2 aliphatic rings. The standard InChI is InChI=1S/C29H35N3O8S/c1-16-22-25(34)32(29(2,3)27(35)36)28(37)31(26(22)41-23(16)24-30-13-14-39-24)15-21(19-7-5-6-8-20(19)38-4)40-18-11-9-17(33)10-12-18/h5-8,13-14,17-18,21,25,33-34H,9-12,15H2,1-4H3,(H,35,36)/t17-,18+,21-,25?/m0/s1. The summed E-state index contributed by atoms with van der Waals surface area (Å²) >= 11 is 1.24. The van der Waals surface area contributed by atoms with E-state index in [9.17, 15) is 24.9 Å². The Balaban J connectivity index is 1.62. The lowest BCUT2D eigenvalue weighted by Crippen LogP contribution is -2.61. The molecule has 2 atom stereocenters. The number of carbonyl (C=O) groups excluding carboxylic acids is 1.